The average molecular weight is 305 g/mol. The number of H-pyrrole nitrogens is 1. The maximum Gasteiger partial charge on any atom is 0.266 e. The molecule has 7 heteroatoms. The smallest absolute Gasteiger partial charge is 0.266 e. The Balaban J connectivity index is 1.72. The van der Waals surface area contributed by atoms with Gasteiger partial charge < -0.3 is 19.6 Å². The minimum absolute atomic E-state index is 0.0456. The predicted octanol–water partition coefficient (Wildman–Crippen LogP) is 1.84. The van der Waals surface area contributed by atoms with Gasteiger partial charge in [0.15, 0.2) is 5.58 Å². The molecule has 6 nitrogen and oxygen atoms in total. The van der Waals surface area contributed by atoms with Crippen molar-refractivity contribution >= 4 is 35.1 Å². The molecule has 1 aliphatic rings. The van der Waals surface area contributed by atoms with Crippen LogP contribution in [0.15, 0.2) is 22.6 Å². The fourth-order valence-corrected chi connectivity index (χ4v) is 2.29. The van der Waals surface area contributed by atoms with Gasteiger partial charge in [-0.1, -0.05) is 0 Å². The summed E-state index contributed by atoms with van der Waals surface area (Å²) in [7, 11) is 1.60. The Labute approximate surface area is 126 Å². The Kier molecular flexibility index (Phi) is 3.50. The summed E-state index contributed by atoms with van der Waals surface area (Å²) >= 11 is 4.91. The van der Waals surface area contributed by atoms with E-state index in [1.165, 1.54) is 4.90 Å². The van der Waals surface area contributed by atoms with E-state index in [0.29, 0.717) is 17.2 Å². The molecule has 0 bridgehead atoms. The zero-order valence-corrected chi connectivity index (χ0v) is 12.3. The monoisotopic (exact) mass is 305 g/mol. The van der Waals surface area contributed by atoms with Crippen LogP contribution in [0.3, 0.4) is 0 Å². The zero-order valence-electron chi connectivity index (χ0n) is 11.5. The van der Waals surface area contributed by atoms with Crippen molar-refractivity contribution in [2.24, 2.45) is 0 Å². The van der Waals surface area contributed by atoms with E-state index in [0.717, 1.165) is 18.4 Å². The number of carbonyl (C=O) groups is 2. The van der Waals surface area contributed by atoms with Crippen molar-refractivity contribution in [2.75, 3.05) is 13.6 Å². The minimum atomic E-state index is -0.231. The van der Waals surface area contributed by atoms with Crippen LogP contribution in [0.1, 0.15) is 23.2 Å². The molecule has 0 radical (unpaired) electrons. The molecule has 2 aromatic rings. The second kappa shape index (κ2) is 5.33. The molecular formula is C14H15N3O3S. The lowest BCUT2D eigenvalue weighted by molar-refractivity contribution is -0.121. The molecule has 0 aliphatic heterocycles. The molecular weight excluding hydrogens is 290 g/mol. The minimum Gasteiger partial charge on any atom is -0.429 e. The van der Waals surface area contributed by atoms with E-state index in [2.05, 4.69) is 10.3 Å². The SMILES string of the molecule is CN(CC(=O)NC1CC1)C(=O)c1ccc2[nH]c(=S)oc2c1. The molecule has 2 N–H and O–H groups in total. The van der Waals surface area contributed by atoms with Gasteiger partial charge in [-0.2, -0.15) is 0 Å². The normalized spacial score (nSPS) is 14.1. The van der Waals surface area contributed by atoms with Crippen LogP contribution in [0.5, 0.6) is 0 Å². The Bertz CT molecular complexity index is 760. The lowest BCUT2D eigenvalue weighted by Crippen LogP contribution is -2.39. The number of carbonyl (C=O) groups excluding carboxylic acids is 2. The highest BCUT2D eigenvalue weighted by Crippen LogP contribution is 2.19. The first-order valence-corrected chi connectivity index (χ1v) is 7.11. The van der Waals surface area contributed by atoms with Crippen molar-refractivity contribution in [3.05, 3.63) is 28.6 Å². The summed E-state index contributed by atoms with van der Waals surface area (Å²) in [5, 5.41) is 2.85. The lowest BCUT2D eigenvalue weighted by atomic mass is 10.2. The fraction of sp³-hybridized carbons (Fsp3) is 0.357. The van der Waals surface area contributed by atoms with Crippen molar-refractivity contribution in [3.8, 4) is 0 Å². The van der Waals surface area contributed by atoms with Crippen LogP contribution in [0.2, 0.25) is 0 Å². The van der Waals surface area contributed by atoms with Crippen LogP contribution in [-0.2, 0) is 4.79 Å². The van der Waals surface area contributed by atoms with Gasteiger partial charge in [-0.3, -0.25) is 9.59 Å². The number of fused-ring (bicyclic) bond motifs is 1. The van der Waals surface area contributed by atoms with Crippen LogP contribution in [0, 0.1) is 4.84 Å². The standard InChI is InChI=1S/C14H15N3O3S/c1-17(7-12(18)15-9-3-4-9)13(19)8-2-5-10-11(6-8)20-14(21)16-10/h2,5-6,9H,3-4,7H2,1H3,(H,15,18)(H,16,21). The van der Waals surface area contributed by atoms with Gasteiger partial charge in [0, 0.05) is 18.7 Å². The third-order valence-corrected chi connectivity index (χ3v) is 3.52. The Morgan fingerprint density at radius 2 is 2.24 bits per heavy atom. The number of aromatic nitrogens is 1. The number of rotatable bonds is 4. The maximum atomic E-state index is 12.3. The van der Waals surface area contributed by atoms with Gasteiger partial charge in [0.1, 0.15) is 0 Å². The summed E-state index contributed by atoms with van der Waals surface area (Å²) in [6.07, 6.45) is 2.05. The van der Waals surface area contributed by atoms with Gasteiger partial charge in [-0.05, 0) is 43.3 Å². The van der Waals surface area contributed by atoms with E-state index >= 15 is 0 Å². The van der Waals surface area contributed by atoms with Gasteiger partial charge in [0.25, 0.3) is 10.7 Å². The number of amides is 2. The molecule has 110 valence electrons. The zero-order chi connectivity index (χ0) is 15.0. The van der Waals surface area contributed by atoms with Gasteiger partial charge >= 0.3 is 0 Å². The number of oxazole rings is 1. The average Bonchev–Trinajstić information content (AvgIpc) is 3.15. The van der Waals surface area contributed by atoms with Crippen molar-refractivity contribution in [1.82, 2.24) is 15.2 Å². The number of nitrogens with one attached hydrogen (secondary N) is 2. The molecule has 0 atom stereocenters. The number of hydrogen-bond acceptors (Lipinski definition) is 4. The van der Waals surface area contributed by atoms with Gasteiger partial charge in [-0.15, -0.1) is 0 Å². The van der Waals surface area contributed by atoms with E-state index in [9.17, 15) is 9.59 Å². The van der Waals surface area contributed by atoms with Crippen LogP contribution in [-0.4, -0.2) is 41.3 Å². The topological polar surface area (TPSA) is 78.3 Å². The first kappa shape index (κ1) is 13.8. The lowest BCUT2D eigenvalue weighted by Gasteiger charge is -2.16. The van der Waals surface area contributed by atoms with Crippen LogP contribution >= 0.6 is 12.2 Å². The summed E-state index contributed by atoms with van der Waals surface area (Å²) in [4.78, 5) is 28.5. The van der Waals surface area contributed by atoms with Crippen molar-refractivity contribution in [1.29, 1.82) is 0 Å². The molecule has 21 heavy (non-hydrogen) atoms. The molecule has 0 saturated heterocycles. The largest absolute Gasteiger partial charge is 0.429 e. The summed E-state index contributed by atoms with van der Waals surface area (Å²) < 4.78 is 5.29. The highest BCUT2D eigenvalue weighted by molar-refractivity contribution is 7.71. The fourth-order valence-electron chi connectivity index (χ4n) is 2.09. The molecule has 2 amide bonds. The van der Waals surface area contributed by atoms with E-state index in [4.69, 9.17) is 16.6 Å². The third-order valence-electron chi connectivity index (χ3n) is 3.34. The van der Waals surface area contributed by atoms with E-state index in [1.807, 2.05) is 0 Å². The summed E-state index contributed by atoms with van der Waals surface area (Å²) in [5.41, 5.74) is 1.73. The van der Waals surface area contributed by atoms with Crippen LogP contribution in [0.25, 0.3) is 11.1 Å². The molecule has 1 aromatic carbocycles. The second-order valence-corrected chi connectivity index (χ2v) is 5.60. The van der Waals surface area contributed by atoms with Crippen molar-refractivity contribution in [3.63, 3.8) is 0 Å². The first-order valence-electron chi connectivity index (χ1n) is 6.70. The summed E-state index contributed by atoms with van der Waals surface area (Å²) in [6, 6.07) is 5.33. The van der Waals surface area contributed by atoms with Gasteiger partial charge in [0.2, 0.25) is 5.91 Å². The number of nitrogens with zero attached hydrogens (tertiary/aromatic N) is 1. The highest BCUT2D eigenvalue weighted by atomic mass is 32.1. The molecule has 1 aliphatic carbocycles. The number of aromatic amines is 1. The maximum absolute atomic E-state index is 12.3. The second-order valence-electron chi connectivity index (χ2n) is 5.23. The number of benzene rings is 1. The molecule has 0 unspecified atom stereocenters. The van der Waals surface area contributed by atoms with Crippen LogP contribution in [0.4, 0.5) is 0 Å². The van der Waals surface area contributed by atoms with E-state index in [-0.39, 0.29) is 23.2 Å². The molecule has 3 rings (SSSR count). The predicted molar refractivity (Wildman–Crippen MR) is 79.5 cm³/mol. The first-order chi connectivity index (χ1) is 10.0. The van der Waals surface area contributed by atoms with E-state index in [1.54, 1.807) is 25.2 Å². The van der Waals surface area contributed by atoms with Gasteiger partial charge in [-0.25, -0.2) is 0 Å². The van der Waals surface area contributed by atoms with Crippen LogP contribution < -0.4 is 5.32 Å². The molecule has 0 spiro atoms. The molecule has 1 fully saturated rings. The summed E-state index contributed by atoms with van der Waals surface area (Å²) in [5.74, 6) is -0.362. The van der Waals surface area contributed by atoms with Crippen molar-refractivity contribution in [2.45, 2.75) is 18.9 Å². The number of hydrogen-bond donors (Lipinski definition) is 2. The molecule has 1 saturated carbocycles. The van der Waals surface area contributed by atoms with Gasteiger partial charge in [0.05, 0.1) is 12.1 Å². The highest BCUT2D eigenvalue weighted by Gasteiger charge is 2.24. The third kappa shape index (κ3) is 3.13. The Morgan fingerprint density at radius 1 is 1.48 bits per heavy atom. The van der Waals surface area contributed by atoms with E-state index < -0.39 is 0 Å². The Morgan fingerprint density at radius 3 is 2.95 bits per heavy atom. The summed E-state index contributed by atoms with van der Waals surface area (Å²) in [6.45, 7) is 0.0456. The van der Waals surface area contributed by atoms with Crippen molar-refractivity contribution < 1.29 is 14.0 Å². The number of likely N-dealkylation sites (N-methyl/N-ethyl adjacent to an activating group) is 1. The molecule has 1 heterocycles. The Hall–Kier alpha value is -2.15. The quantitative estimate of drug-likeness (QED) is 0.845. The molecule has 1 aromatic heterocycles.